The molecule has 0 spiro atoms. The van der Waals surface area contributed by atoms with Crippen LogP contribution in [0.3, 0.4) is 0 Å². The first-order valence-electron chi connectivity index (χ1n) is 12.9. The number of thiazole rings is 1. The number of hydrogen-bond acceptors (Lipinski definition) is 8. The van der Waals surface area contributed by atoms with Crippen molar-refractivity contribution < 1.29 is 19.1 Å². The highest BCUT2D eigenvalue weighted by molar-refractivity contribution is 7.10. The van der Waals surface area contributed by atoms with E-state index >= 15 is 0 Å². The number of carboxylic acids is 1. The van der Waals surface area contributed by atoms with Crippen molar-refractivity contribution in [3.8, 4) is 11.5 Å². The smallest absolute Gasteiger partial charge is 0.309 e. The molecule has 1 aliphatic heterocycles. The van der Waals surface area contributed by atoms with Gasteiger partial charge in [-0.1, -0.05) is 36.4 Å². The van der Waals surface area contributed by atoms with Crippen molar-refractivity contribution in [2.45, 2.75) is 39.2 Å². The Kier molecular flexibility index (Phi) is 6.11. The van der Waals surface area contributed by atoms with Crippen molar-refractivity contribution in [2.24, 2.45) is 5.41 Å². The molecular weight excluding hydrogens is 545 g/mol. The number of aliphatic carboxylic acids is 1. The normalized spacial score (nSPS) is 16.6. The number of carbonyl (C=O) groups is 2. The van der Waals surface area contributed by atoms with Gasteiger partial charge in [-0.15, -0.1) is 11.3 Å². The van der Waals surface area contributed by atoms with Crippen LogP contribution in [0.2, 0.25) is 0 Å². The first kappa shape index (κ1) is 26.5. The molecule has 1 amide bonds. The topological polar surface area (TPSA) is 149 Å². The van der Waals surface area contributed by atoms with E-state index in [4.69, 9.17) is 10.8 Å². The van der Waals surface area contributed by atoms with Crippen molar-refractivity contribution in [3.63, 3.8) is 0 Å². The predicted octanol–water partition coefficient (Wildman–Crippen LogP) is 4.63. The molecule has 0 saturated carbocycles. The van der Waals surface area contributed by atoms with Gasteiger partial charge in [0.2, 0.25) is 5.91 Å². The zero-order valence-corrected chi connectivity index (χ0v) is 23.3. The number of aromatic nitrogens is 5. The van der Waals surface area contributed by atoms with Crippen LogP contribution in [-0.2, 0) is 28.0 Å². The number of para-hydroxylation sites is 1. The number of nitrogens with one attached hydrogen (secondary N) is 1. The molecule has 0 saturated heterocycles. The molecule has 12 heteroatoms. The van der Waals surface area contributed by atoms with Crippen LogP contribution in [0.15, 0.2) is 53.9 Å². The largest absolute Gasteiger partial charge is 0.481 e. The molecule has 0 radical (unpaired) electrons. The molecule has 3 aromatic heterocycles. The van der Waals surface area contributed by atoms with E-state index in [-0.39, 0.29) is 42.2 Å². The number of fused-ring (bicyclic) bond motifs is 2. The van der Waals surface area contributed by atoms with Crippen LogP contribution in [-0.4, -0.2) is 41.7 Å². The fourth-order valence-electron chi connectivity index (χ4n) is 5.06. The number of anilines is 2. The van der Waals surface area contributed by atoms with Crippen molar-refractivity contribution in [3.05, 3.63) is 81.6 Å². The lowest BCUT2D eigenvalue weighted by Gasteiger charge is -2.20. The molecule has 1 aliphatic rings. The Balaban J connectivity index is 1.41. The summed E-state index contributed by atoms with van der Waals surface area (Å²) in [6, 6.07) is 14.0. The summed E-state index contributed by atoms with van der Waals surface area (Å²) in [6.45, 7) is 5.16. The second-order valence-electron chi connectivity index (χ2n) is 10.9. The molecule has 4 N–H and O–H groups in total. The summed E-state index contributed by atoms with van der Waals surface area (Å²) < 4.78 is 16.1. The highest BCUT2D eigenvalue weighted by Gasteiger charge is 2.50. The van der Waals surface area contributed by atoms with Crippen molar-refractivity contribution in [1.29, 1.82) is 0 Å². The van der Waals surface area contributed by atoms with Crippen LogP contribution >= 0.6 is 11.3 Å². The molecule has 208 valence electrons. The summed E-state index contributed by atoms with van der Waals surface area (Å²) in [5.41, 5.74) is 6.89. The molecule has 4 heterocycles. The first-order valence-corrected chi connectivity index (χ1v) is 13.7. The summed E-state index contributed by atoms with van der Waals surface area (Å²) in [6.07, 6.45) is 0.205. The lowest BCUT2D eigenvalue weighted by atomic mass is 9.85. The molecule has 0 aliphatic carbocycles. The van der Waals surface area contributed by atoms with Crippen molar-refractivity contribution in [2.75, 3.05) is 11.1 Å². The highest BCUT2D eigenvalue weighted by Crippen LogP contribution is 2.46. The number of carbonyl (C=O) groups excluding carboxylic acids is 1. The second kappa shape index (κ2) is 9.44. The molecule has 6 rings (SSSR count). The van der Waals surface area contributed by atoms with Crippen LogP contribution in [0.25, 0.3) is 22.4 Å². The van der Waals surface area contributed by atoms with Crippen LogP contribution < -0.4 is 11.1 Å². The zero-order valence-electron chi connectivity index (χ0n) is 22.5. The Morgan fingerprint density at radius 1 is 1.15 bits per heavy atom. The fraction of sp³-hybridized carbons (Fsp3) is 0.241. The van der Waals surface area contributed by atoms with E-state index in [2.05, 4.69) is 20.3 Å². The number of benzene rings is 2. The van der Waals surface area contributed by atoms with E-state index in [1.54, 1.807) is 49.0 Å². The summed E-state index contributed by atoms with van der Waals surface area (Å²) in [7, 11) is 0. The maximum atomic E-state index is 14.4. The number of carboxylic acid groups (broad SMARTS) is 1. The molecular formula is C29H26FN7O3S. The maximum Gasteiger partial charge on any atom is 0.309 e. The molecule has 41 heavy (non-hydrogen) atoms. The molecule has 0 bridgehead atoms. The quantitative estimate of drug-likeness (QED) is 0.256. The van der Waals surface area contributed by atoms with Gasteiger partial charge in [0, 0.05) is 22.8 Å². The first-order chi connectivity index (χ1) is 19.5. The minimum absolute atomic E-state index is 0.0983. The Bertz CT molecular complexity index is 1860. The van der Waals surface area contributed by atoms with Crippen LogP contribution in [0.4, 0.5) is 16.0 Å². The van der Waals surface area contributed by atoms with Crippen molar-refractivity contribution in [1.82, 2.24) is 24.7 Å². The summed E-state index contributed by atoms with van der Waals surface area (Å²) >= 11 is 1.26. The number of nitrogen functional groups attached to an aromatic ring is 1. The van der Waals surface area contributed by atoms with Gasteiger partial charge in [-0.25, -0.2) is 19.3 Å². The number of hydrogen-bond donors (Lipinski definition) is 3. The molecule has 5 aromatic rings. The van der Waals surface area contributed by atoms with E-state index in [0.717, 1.165) is 10.9 Å². The standard InChI is InChI=1S/C29H26FN7O3S/c1-28(2,27(39)40)12-16-14-41-26(32-16)29(3)20-22(31)33-24(34-23(20)35-25(29)38)21-17-9-5-7-11-19(17)37(36-21)13-15-8-4-6-10-18(15)30/h4-11,14H,12-13H2,1-3H3,(H,39,40)(H3,31,33,34,35,38)/t29-/m0/s1. The molecule has 1 atom stereocenters. The summed E-state index contributed by atoms with van der Waals surface area (Å²) in [5, 5.41) is 20.0. The average Bonchev–Trinajstić information content (AvgIpc) is 3.61. The van der Waals surface area contributed by atoms with Crippen molar-refractivity contribution >= 4 is 45.8 Å². The average molecular weight is 572 g/mol. The van der Waals surface area contributed by atoms with Gasteiger partial charge in [-0.05, 0) is 32.9 Å². The van der Waals surface area contributed by atoms with Gasteiger partial charge >= 0.3 is 5.97 Å². The Morgan fingerprint density at radius 3 is 2.63 bits per heavy atom. The fourth-order valence-corrected chi connectivity index (χ4v) is 6.05. The number of rotatable bonds is 7. The van der Waals surface area contributed by atoms with Gasteiger partial charge in [0.05, 0.1) is 28.7 Å². The van der Waals surface area contributed by atoms with Gasteiger partial charge < -0.3 is 16.2 Å². The number of halogens is 1. The third-order valence-electron chi connectivity index (χ3n) is 7.45. The highest BCUT2D eigenvalue weighted by atomic mass is 32.1. The second-order valence-corrected chi connectivity index (χ2v) is 11.7. The number of nitrogens with zero attached hydrogens (tertiary/aromatic N) is 5. The third-order valence-corrected chi connectivity index (χ3v) is 8.56. The van der Waals surface area contributed by atoms with E-state index in [1.807, 2.05) is 24.3 Å². The molecule has 0 unspecified atom stereocenters. The van der Waals surface area contributed by atoms with Crippen LogP contribution in [0.5, 0.6) is 0 Å². The number of nitrogens with two attached hydrogens (primary N) is 1. The van der Waals surface area contributed by atoms with Crippen LogP contribution in [0.1, 0.15) is 42.6 Å². The molecule has 10 nitrogen and oxygen atoms in total. The van der Waals surface area contributed by atoms with E-state index in [9.17, 15) is 19.1 Å². The minimum Gasteiger partial charge on any atom is -0.481 e. The summed E-state index contributed by atoms with van der Waals surface area (Å²) in [5.74, 6) is -1.05. The minimum atomic E-state index is -1.26. The Labute approximate surface area is 238 Å². The predicted molar refractivity (Wildman–Crippen MR) is 153 cm³/mol. The van der Waals surface area contributed by atoms with E-state index < -0.39 is 16.8 Å². The summed E-state index contributed by atoms with van der Waals surface area (Å²) in [4.78, 5) is 38.9. The Hall–Kier alpha value is -4.71. The maximum absolute atomic E-state index is 14.4. The van der Waals surface area contributed by atoms with Gasteiger partial charge in [0.15, 0.2) is 5.82 Å². The lowest BCUT2D eigenvalue weighted by Crippen LogP contribution is -2.33. The third kappa shape index (κ3) is 4.31. The van der Waals surface area contributed by atoms with Gasteiger partial charge in [0.1, 0.15) is 33.6 Å². The lowest BCUT2D eigenvalue weighted by molar-refractivity contribution is -0.146. The van der Waals surface area contributed by atoms with E-state index in [0.29, 0.717) is 27.5 Å². The Morgan fingerprint density at radius 2 is 1.88 bits per heavy atom. The zero-order chi connectivity index (χ0) is 29.1. The van der Waals surface area contributed by atoms with Crippen LogP contribution in [0, 0.1) is 11.2 Å². The van der Waals surface area contributed by atoms with E-state index in [1.165, 1.54) is 17.4 Å². The SMILES string of the molecule is CC(C)(Cc1csc([C@]2(C)C(=O)Nc3nc(-c4nn(Cc5ccccc5F)c5ccccc45)nc(N)c32)n1)C(=O)O. The van der Waals surface area contributed by atoms with Gasteiger partial charge in [0.25, 0.3) is 0 Å². The molecule has 2 aromatic carbocycles. The molecule has 0 fully saturated rings. The number of amides is 1. The monoisotopic (exact) mass is 571 g/mol. The van der Waals surface area contributed by atoms with Gasteiger partial charge in [-0.2, -0.15) is 5.10 Å². The van der Waals surface area contributed by atoms with Gasteiger partial charge in [-0.3, -0.25) is 14.3 Å².